The number of benzene rings is 2. The van der Waals surface area contributed by atoms with Crippen LogP contribution < -0.4 is 16.8 Å². The van der Waals surface area contributed by atoms with Crippen molar-refractivity contribution in [2.45, 2.75) is 13.8 Å². The zero-order chi connectivity index (χ0) is 20.3. The first-order chi connectivity index (χ1) is 13.1. The standard InChI is InChI=1S/C15H15N.C7H10.C2H6N2/c1-2-12-16-15-11-7-6-10-14(15)13-8-4-3-5-9-13;1-3-5-7-6-4-2;1-2(3)4/h2-12,16H,1H3;3-7H,1H2,2H3;1,3-4H2/b12-2-;6-4-,7-5-;. The van der Waals surface area contributed by atoms with E-state index in [2.05, 4.69) is 60.9 Å². The van der Waals surface area contributed by atoms with Crippen LogP contribution in [0.4, 0.5) is 5.69 Å². The van der Waals surface area contributed by atoms with Crippen molar-refractivity contribution in [1.29, 1.82) is 0 Å². The minimum absolute atomic E-state index is 0.167. The van der Waals surface area contributed by atoms with E-state index >= 15 is 0 Å². The van der Waals surface area contributed by atoms with Gasteiger partial charge in [0.2, 0.25) is 0 Å². The Labute approximate surface area is 164 Å². The molecule has 0 saturated heterocycles. The fourth-order valence-electron chi connectivity index (χ4n) is 1.91. The summed E-state index contributed by atoms with van der Waals surface area (Å²) in [7, 11) is 0. The van der Waals surface area contributed by atoms with Gasteiger partial charge in [-0.1, -0.05) is 98.1 Å². The third kappa shape index (κ3) is 12.5. The van der Waals surface area contributed by atoms with E-state index in [1.54, 1.807) is 6.08 Å². The molecule has 3 heteroatoms. The Hall–Kier alpha value is -3.46. The topological polar surface area (TPSA) is 64.1 Å². The van der Waals surface area contributed by atoms with Crippen molar-refractivity contribution >= 4 is 5.69 Å². The Kier molecular flexibility index (Phi) is 14.0. The van der Waals surface area contributed by atoms with Crippen molar-refractivity contribution in [3.63, 3.8) is 0 Å². The lowest BCUT2D eigenvalue weighted by molar-refractivity contribution is 1.27. The summed E-state index contributed by atoms with van der Waals surface area (Å²) in [5, 5.41) is 3.28. The SMILES string of the molecule is C/C=C\Nc1ccccc1-c1ccccc1.C=C(N)N.C=C/C=C\C=C/C. The summed E-state index contributed by atoms with van der Waals surface area (Å²) in [5.41, 5.74) is 13.0. The van der Waals surface area contributed by atoms with Crippen molar-refractivity contribution in [1.82, 2.24) is 0 Å². The average molecular weight is 362 g/mol. The molecule has 0 amide bonds. The van der Waals surface area contributed by atoms with Gasteiger partial charge < -0.3 is 16.8 Å². The molecular formula is C24H31N3. The molecule has 2 rings (SSSR count). The monoisotopic (exact) mass is 361 g/mol. The number of nitrogens with one attached hydrogen (secondary N) is 1. The van der Waals surface area contributed by atoms with Crippen LogP contribution >= 0.6 is 0 Å². The number of rotatable bonds is 5. The normalized spacial score (nSPS) is 10.0. The van der Waals surface area contributed by atoms with Crippen LogP contribution in [0.5, 0.6) is 0 Å². The summed E-state index contributed by atoms with van der Waals surface area (Å²) in [6.07, 6.45) is 13.4. The van der Waals surface area contributed by atoms with Crippen LogP contribution in [0.2, 0.25) is 0 Å². The molecular weight excluding hydrogens is 330 g/mol. The van der Waals surface area contributed by atoms with Gasteiger partial charge in [0.25, 0.3) is 0 Å². The smallest absolute Gasteiger partial charge is 0.0859 e. The number of hydrogen-bond donors (Lipinski definition) is 3. The van der Waals surface area contributed by atoms with Gasteiger partial charge in [-0.3, -0.25) is 0 Å². The number of anilines is 1. The Morgan fingerprint density at radius 3 is 2.00 bits per heavy atom. The molecule has 0 unspecified atom stereocenters. The Balaban J connectivity index is 0.000000514. The maximum Gasteiger partial charge on any atom is 0.0859 e. The summed E-state index contributed by atoms with van der Waals surface area (Å²) < 4.78 is 0. The lowest BCUT2D eigenvalue weighted by Crippen LogP contribution is -2.04. The summed E-state index contributed by atoms with van der Waals surface area (Å²) in [5.74, 6) is 0.167. The molecule has 0 aliphatic carbocycles. The molecule has 0 bridgehead atoms. The Morgan fingerprint density at radius 1 is 0.852 bits per heavy atom. The van der Waals surface area contributed by atoms with Crippen LogP contribution in [0.1, 0.15) is 13.8 Å². The van der Waals surface area contributed by atoms with E-state index in [4.69, 9.17) is 11.5 Å². The summed E-state index contributed by atoms with van der Waals surface area (Å²) in [6, 6.07) is 18.7. The van der Waals surface area contributed by atoms with E-state index in [1.807, 2.05) is 62.6 Å². The Morgan fingerprint density at radius 2 is 1.44 bits per heavy atom. The van der Waals surface area contributed by atoms with Crippen LogP contribution in [0.25, 0.3) is 11.1 Å². The van der Waals surface area contributed by atoms with Gasteiger partial charge in [0.05, 0.1) is 5.82 Å². The van der Waals surface area contributed by atoms with Crippen LogP contribution in [-0.4, -0.2) is 0 Å². The number of hydrogen-bond acceptors (Lipinski definition) is 3. The number of allylic oxidation sites excluding steroid dienone is 6. The molecule has 0 saturated carbocycles. The highest BCUT2D eigenvalue weighted by atomic mass is 14.8. The van der Waals surface area contributed by atoms with E-state index < -0.39 is 0 Å². The predicted molar refractivity (Wildman–Crippen MR) is 122 cm³/mol. The fourth-order valence-corrected chi connectivity index (χ4v) is 1.91. The van der Waals surface area contributed by atoms with Crippen molar-refractivity contribution < 1.29 is 0 Å². The molecule has 0 fully saturated rings. The molecule has 3 nitrogen and oxygen atoms in total. The maximum absolute atomic E-state index is 4.69. The van der Waals surface area contributed by atoms with Gasteiger partial charge in [0.1, 0.15) is 0 Å². The first-order valence-corrected chi connectivity index (χ1v) is 8.69. The first-order valence-electron chi connectivity index (χ1n) is 8.69. The molecule has 0 atom stereocenters. The van der Waals surface area contributed by atoms with Crippen LogP contribution in [0.15, 0.2) is 116 Å². The first kappa shape index (κ1) is 23.5. The quantitative estimate of drug-likeness (QED) is 0.574. The van der Waals surface area contributed by atoms with E-state index in [0.29, 0.717) is 0 Å². The average Bonchev–Trinajstić information content (AvgIpc) is 2.68. The van der Waals surface area contributed by atoms with Crippen molar-refractivity contribution in [2.75, 3.05) is 5.32 Å². The molecule has 27 heavy (non-hydrogen) atoms. The second-order valence-corrected chi connectivity index (χ2v) is 5.28. The molecule has 0 aliphatic heterocycles. The molecule has 2 aromatic carbocycles. The van der Waals surface area contributed by atoms with Gasteiger partial charge in [-0.15, -0.1) is 0 Å². The third-order valence-corrected chi connectivity index (χ3v) is 2.97. The molecule has 0 radical (unpaired) electrons. The minimum Gasteiger partial charge on any atom is -0.386 e. The minimum atomic E-state index is 0.167. The summed E-state index contributed by atoms with van der Waals surface area (Å²) in [6.45, 7) is 10.6. The van der Waals surface area contributed by atoms with Crippen LogP contribution in [0, 0.1) is 0 Å². The lowest BCUT2D eigenvalue weighted by atomic mass is 10.0. The van der Waals surface area contributed by atoms with Gasteiger partial charge in [-0.25, -0.2) is 0 Å². The highest BCUT2D eigenvalue weighted by Gasteiger charge is 2.01. The van der Waals surface area contributed by atoms with E-state index in [0.717, 1.165) is 5.69 Å². The highest BCUT2D eigenvalue weighted by Crippen LogP contribution is 2.27. The highest BCUT2D eigenvalue weighted by molar-refractivity contribution is 5.78. The van der Waals surface area contributed by atoms with E-state index in [9.17, 15) is 0 Å². The zero-order valence-electron chi connectivity index (χ0n) is 16.3. The second kappa shape index (κ2) is 16.0. The van der Waals surface area contributed by atoms with Gasteiger partial charge in [0.15, 0.2) is 0 Å². The summed E-state index contributed by atoms with van der Waals surface area (Å²) in [4.78, 5) is 0. The summed E-state index contributed by atoms with van der Waals surface area (Å²) >= 11 is 0. The molecule has 0 aliphatic rings. The lowest BCUT2D eigenvalue weighted by Gasteiger charge is -2.08. The van der Waals surface area contributed by atoms with Gasteiger partial charge in [-0.05, 0) is 31.7 Å². The molecule has 142 valence electrons. The second-order valence-electron chi connectivity index (χ2n) is 5.28. The third-order valence-electron chi connectivity index (χ3n) is 2.97. The van der Waals surface area contributed by atoms with E-state index in [-0.39, 0.29) is 5.82 Å². The van der Waals surface area contributed by atoms with Gasteiger partial charge >= 0.3 is 0 Å². The van der Waals surface area contributed by atoms with Gasteiger partial charge in [-0.2, -0.15) is 0 Å². The van der Waals surface area contributed by atoms with Crippen molar-refractivity contribution in [2.24, 2.45) is 11.5 Å². The van der Waals surface area contributed by atoms with Crippen LogP contribution in [-0.2, 0) is 0 Å². The predicted octanol–water partition coefficient (Wildman–Crippen LogP) is 5.98. The molecule has 0 heterocycles. The molecule has 0 spiro atoms. The Bertz CT molecular complexity index is 737. The number of para-hydroxylation sites is 1. The van der Waals surface area contributed by atoms with E-state index in [1.165, 1.54) is 11.1 Å². The zero-order valence-corrected chi connectivity index (χ0v) is 16.3. The van der Waals surface area contributed by atoms with Gasteiger partial charge in [0, 0.05) is 11.3 Å². The fraction of sp³-hybridized carbons (Fsp3) is 0.0833. The largest absolute Gasteiger partial charge is 0.386 e. The van der Waals surface area contributed by atoms with Crippen LogP contribution in [0.3, 0.4) is 0 Å². The maximum atomic E-state index is 4.69. The van der Waals surface area contributed by atoms with Crippen molar-refractivity contribution in [3.05, 3.63) is 116 Å². The number of nitrogens with two attached hydrogens (primary N) is 2. The molecule has 5 N–H and O–H groups in total. The molecule has 0 aromatic heterocycles. The molecule has 2 aromatic rings. The van der Waals surface area contributed by atoms with Crippen molar-refractivity contribution in [3.8, 4) is 11.1 Å².